The molecular formula is C20H17ClN4O2. The van der Waals surface area contributed by atoms with Gasteiger partial charge in [-0.25, -0.2) is 4.68 Å². The minimum atomic E-state index is -0.221. The molecule has 0 bridgehead atoms. The van der Waals surface area contributed by atoms with E-state index in [1.165, 1.54) is 0 Å². The lowest BCUT2D eigenvalue weighted by Gasteiger charge is -2.26. The van der Waals surface area contributed by atoms with Crippen molar-refractivity contribution in [2.45, 2.75) is 0 Å². The molecule has 1 fully saturated rings. The predicted molar refractivity (Wildman–Crippen MR) is 103 cm³/mol. The van der Waals surface area contributed by atoms with Gasteiger partial charge in [-0.05, 0) is 30.3 Å². The summed E-state index contributed by atoms with van der Waals surface area (Å²) in [5.74, 6) is -0.375. The van der Waals surface area contributed by atoms with Crippen LogP contribution in [0.15, 0.2) is 60.7 Å². The van der Waals surface area contributed by atoms with Crippen molar-refractivity contribution in [2.75, 3.05) is 19.6 Å². The lowest BCUT2D eigenvalue weighted by molar-refractivity contribution is -0.123. The number of halogens is 1. The highest BCUT2D eigenvalue weighted by molar-refractivity contribution is 6.30. The third-order valence-electron chi connectivity index (χ3n) is 4.39. The summed E-state index contributed by atoms with van der Waals surface area (Å²) in [4.78, 5) is 26.3. The largest absolute Gasteiger partial charge is 0.353 e. The Morgan fingerprint density at radius 2 is 1.81 bits per heavy atom. The molecule has 3 aromatic rings. The molecule has 0 radical (unpaired) electrons. The average Bonchev–Trinajstić information content (AvgIpc) is 3.14. The second-order valence-corrected chi connectivity index (χ2v) is 6.68. The zero-order chi connectivity index (χ0) is 18.8. The molecule has 0 aliphatic carbocycles. The topological polar surface area (TPSA) is 67.2 Å². The van der Waals surface area contributed by atoms with Gasteiger partial charge in [-0.15, -0.1) is 0 Å². The number of nitrogens with zero attached hydrogens (tertiary/aromatic N) is 3. The fourth-order valence-electron chi connectivity index (χ4n) is 3.04. The number of aromatic nitrogens is 2. The number of carbonyl (C=O) groups is 2. The van der Waals surface area contributed by atoms with E-state index >= 15 is 0 Å². The van der Waals surface area contributed by atoms with Crippen molar-refractivity contribution in [1.29, 1.82) is 0 Å². The number of amides is 2. The quantitative estimate of drug-likeness (QED) is 0.759. The number of hydrogen-bond acceptors (Lipinski definition) is 3. The Hall–Kier alpha value is -3.12. The second-order valence-electron chi connectivity index (χ2n) is 6.25. The van der Waals surface area contributed by atoms with Crippen LogP contribution in [-0.2, 0) is 4.79 Å². The first kappa shape index (κ1) is 17.3. The van der Waals surface area contributed by atoms with Crippen LogP contribution in [-0.4, -0.2) is 46.1 Å². The van der Waals surface area contributed by atoms with E-state index in [2.05, 4.69) is 10.4 Å². The Labute approximate surface area is 161 Å². The molecule has 7 heteroatoms. The Balaban J connectivity index is 1.77. The Kier molecular flexibility index (Phi) is 4.64. The van der Waals surface area contributed by atoms with Crippen LogP contribution in [0.5, 0.6) is 0 Å². The predicted octanol–water partition coefficient (Wildman–Crippen LogP) is 2.76. The maximum absolute atomic E-state index is 13.1. The monoisotopic (exact) mass is 380 g/mol. The molecule has 2 aromatic carbocycles. The maximum Gasteiger partial charge on any atom is 0.273 e. The molecule has 0 atom stereocenters. The Bertz CT molecular complexity index is 983. The van der Waals surface area contributed by atoms with Crippen LogP contribution in [0.3, 0.4) is 0 Å². The van der Waals surface area contributed by atoms with Crippen LogP contribution in [0.2, 0.25) is 5.02 Å². The zero-order valence-corrected chi connectivity index (χ0v) is 15.2. The van der Waals surface area contributed by atoms with Crippen LogP contribution in [0.4, 0.5) is 0 Å². The summed E-state index contributed by atoms with van der Waals surface area (Å²) in [6.45, 7) is 0.976. The highest BCUT2D eigenvalue weighted by atomic mass is 35.5. The van der Waals surface area contributed by atoms with Crippen molar-refractivity contribution >= 4 is 23.4 Å². The first-order chi connectivity index (χ1) is 13.1. The van der Waals surface area contributed by atoms with Crippen molar-refractivity contribution in [3.8, 4) is 16.9 Å². The first-order valence-corrected chi connectivity index (χ1v) is 8.97. The summed E-state index contributed by atoms with van der Waals surface area (Å²) in [5.41, 5.74) is 2.73. The summed E-state index contributed by atoms with van der Waals surface area (Å²) >= 11 is 5.97. The molecule has 2 amide bonds. The van der Waals surface area contributed by atoms with Gasteiger partial charge in [0.05, 0.1) is 17.9 Å². The van der Waals surface area contributed by atoms with E-state index in [-0.39, 0.29) is 18.4 Å². The van der Waals surface area contributed by atoms with Gasteiger partial charge in [-0.3, -0.25) is 9.59 Å². The number of para-hydroxylation sites is 1. The van der Waals surface area contributed by atoms with Gasteiger partial charge < -0.3 is 10.2 Å². The van der Waals surface area contributed by atoms with Gasteiger partial charge in [-0.1, -0.05) is 41.9 Å². The second kappa shape index (κ2) is 7.25. The van der Waals surface area contributed by atoms with E-state index in [4.69, 9.17) is 11.6 Å². The molecule has 0 saturated carbocycles. The molecule has 6 nitrogen and oxygen atoms in total. The summed E-state index contributed by atoms with van der Waals surface area (Å²) < 4.78 is 1.62. The van der Waals surface area contributed by atoms with Gasteiger partial charge in [0.1, 0.15) is 5.69 Å². The van der Waals surface area contributed by atoms with E-state index in [0.29, 0.717) is 29.5 Å². The molecule has 27 heavy (non-hydrogen) atoms. The number of carbonyl (C=O) groups excluding carboxylic acids is 2. The minimum absolute atomic E-state index is 0.0507. The number of piperazine rings is 1. The number of nitrogens with one attached hydrogen (secondary N) is 1. The molecule has 1 aromatic heterocycles. The number of rotatable bonds is 3. The molecule has 1 aliphatic rings. The standard InChI is InChI=1S/C20H17ClN4O2/c21-15-8-6-14(7-9-15)17-12-18(20(27)24-11-10-22-19(26)13-24)25(23-17)16-4-2-1-3-5-16/h1-9,12H,10-11,13H2,(H,22,26). The first-order valence-electron chi connectivity index (χ1n) is 8.59. The lowest BCUT2D eigenvalue weighted by Crippen LogP contribution is -2.50. The fraction of sp³-hybridized carbons (Fsp3) is 0.150. The molecule has 2 heterocycles. The average molecular weight is 381 g/mol. The molecule has 4 rings (SSSR count). The van der Waals surface area contributed by atoms with E-state index in [1.54, 1.807) is 27.8 Å². The fourth-order valence-corrected chi connectivity index (χ4v) is 3.16. The number of hydrogen-bond donors (Lipinski definition) is 1. The highest BCUT2D eigenvalue weighted by Crippen LogP contribution is 2.24. The molecule has 0 unspecified atom stereocenters. The molecule has 1 N–H and O–H groups in total. The Morgan fingerprint density at radius 3 is 2.52 bits per heavy atom. The van der Waals surface area contributed by atoms with E-state index in [9.17, 15) is 9.59 Å². The van der Waals surface area contributed by atoms with Crippen molar-refractivity contribution in [1.82, 2.24) is 20.0 Å². The van der Waals surface area contributed by atoms with Crippen LogP contribution >= 0.6 is 11.6 Å². The van der Waals surface area contributed by atoms with Crippen LogP contribution in [0.1, 0.15) is 10.5 Å². The van der Waals surface area contributed by atoms with Crippen LogP contribution in [0, 0.1) is 0 Å². The van der Waals surface area contributed by atoms with Crippen LogP contribution < -0.4 is 5.32 Å². The van der Waals surface area contributed by atoms with Crippen molar-refractivity contribution in [3.63, 3.8) is 0 Å². The summed E-state index contributed by atoms with van der Waals surface area (Å²) in [5, 5.41) is 8.01. The van der Waals surface area contributed by atoms with Gasteiger partial charge in [0.15, 0.2) is 0 Å². The third kappa shape index (κ3) is 3.57. The van der Waals surface area contributed by atoms with Gasteiger partial charge in [0, 0.05) is 23.7 Å². The van der Waals surface area contributed by atoms with Gasteiger partial charge in [-0.2, -0.15) is 5.10 Å². The molecule has 1 aliphatic heterocycles. The van der Waals surface area contributed by atoms with Gasteiger partial charge in [0.2, 0.25) is 5.91 Å². The van der Waals surface area contributed by atoms with Gasteiger partial charge in [0.25, 0.3) is 5.91 Å². The van der Waals surface area contributed by atoms with Crippen molar-refractivity contribution in [3.05, 3.63) is 71.4 Å². The van der Waals surface area contributed by atoms with Crippen molar-refractivity contribution in [2.24, 2.45) is 0 Å². The molecule has 136 valence electrons. The highest BCUT2D eigenvalue weighted by Gasteiger charge is 2.26. The van der Waals surface area contributed by atoms with E-state index < -0.39 is 0 Å². The van der Waals surface area contributed by atoms with Crippen molar-refractivity contribution < 1.29 is 9.59 Å². The smallest absolute Gasteiger partial charge is 0.273 e. The van der Waals surface area contributed by atoms with Crippen LogP contribution in [0.25, 0.3) is 16.9 Å². The SMILES string of the molecule is O=C1CN(C(=O)c2cc(-c3ccc(Cl)cc3)nn2-c2ccccc2)CCN1. The summed E-state index contributed by atoms with van der Waals surface area (Å²) in [6.07, 6.45) is 0. The Morgan fingerprint density at radius 1 is 1.07 bits per heavy atom. The van der Waals surface area contributed by atoms with Gasteiger partial charge >= 0.3 is 0 Å². The van der Waals surface area contributed by atoms with E-state index in [1.807, 2.05) is 42.5 Å². The normalized spacial score (nSPS) is 14.1. The zero-order valence-electron chi connectivity index (χ0n) is 14.4. The van der Waals surface area contributed by atoms with E-state index in [0.717, 1.165) is 11.3 Å². The number of benzene rings is 2. The molecular weight excluding hydrogens is 364 g/mol. The summed E-state index contributed by atoms with van der Waals surface area (Å²) in [7, 11) is 0. The minimum Gasteiger partial charge on any atom is -0.353 e. The maximum atomic E-state index is 13.1. The molecule has 0 spiro atoms. The third-order valence-corrected chi connectivity index (χ3v) is 4.65. The molecule has 1 saturated heterocycles. The summed E-state index contributed by atoms with van der Waals surface area (Å²) in [6, 6.07) is 18.5. The lowest BCUT2D eigenvalue weighted by atomic mass is 10.1.